The van der Waals surface area contributed by atoms with Crippen molar-refractivity contribution in [1.82, 2.24) is 14.1 Å². The number of carbonyl (C=O) groups is 2. The van der Waals surface area contributed by atoms with Crippen LogP contribution in [0.5, 0.6) is 0 Å². The molecule has 1 aliphatic carbocycles. The maximum Gasteiger partial charge on any atom is 0.328 e. The standard InChI is InChI=1S/C18H21N3.C4H4O4/c1-13-19-9-10-21(13)12-14-7-8-18-16(11-14)15-5-3-4-6-17(15)20(18)2;5-3(6)1-2-4(7)8/h3-6,9-10,14H,7-8,11-12H2,1-2H3;1-2H,(H,5,6)(H,7,8)/b;2-1-. The Morgan fingerprint density at radius 2 is 1.90 bits per heavy atom. The molecule has 0 fully saturated rings. The zero-order valence-electron chi connectivity index (χ0n) is 16.6. The summed E-state index contributed by atoms with van der Waals surface area (Å²) in [4.78, 5) is 23.4. The van der Waals surface area contributed by atoms with E-state index in [1.165, 1.54) is 35.9 Å². The van der Waals surface area contributed by atoms with E-state index in [4.69, 9.17) is 10.2 Å². The third-order valence-corrected chi connectivity index (χ3v) is 5.37. The summed E-state index contributed by atoms with van der Waals surface area (Å²) in [7, 11) is 2.21. The summed E-state index contributed by atoms with van der Waals surface area (Å²) in [6, 6.07) is 8.81. The number of aryl methyl sites for hydroxylation is 2. The van der Waals surface area contributed by atoms with Gasteiger partial charge in [0.25, 0.3) is 0 Å². The molecule has 0 spiro atoms. The van der Waals surface area contributed by atoms with E-state index < -0.39 is 11.9 Å². The van der Waals surface area contributed by atoms with Crippen LogP contribution in [0.2, 0.25) is 0 Å². The number of carboxylic acid groups (broad SMARTS) is 2. The van der Waals surface area contributed by atoms with Crippen molar-refractivity contribution in [3.05, 3.63) is 65.9 Å². The summed E-state index contributed by atoms with van der Waals surface area (Å²) in [6.45, 7) is 3.18. The maximum atomic E-state index is 9.55. The van der Waals surface area contributed by atoms with Gasteiger partial charge < -0.3 is 19.3 Å². The van der Waals surface area contributed by atoms with E-state index in [1.54, 1.807) is 5.56 Å². The molecule has 3 aromatic rings. The molecule has 4 rings (SSSR count). The van der Waals surface area contributed by atoms with E-state index in [0.717, 1.165) is 18.3 Å². The van der Waals surface area contributed by atoms with Gasteiger partial charge in [-0.1, -0.05) is 18.2 Å². The van der Waals surface area contributed by atoms with E-state index in [-0.39, 0.29) is 0 Å². The fourth-order valence-corrected chi connectivity index (χ4v) is 3.98. The van der Waals surface area contributed by atoms with Gasteiger partial charge in [-0.05, 0) is 43.7 Å². The topological polar surface area (TPSA) is 97.4 Å². The molecular weight excluding hydrogens is 370 g/mol. The number of carboxylic acids is 2. The minimum Gasteiger partial charge on any atom is -0.478 e. The fraction of sp³-hybridized carbons (Fsp3) is 0.318. The Balaban J connectivity index is 0.000000258. The van der Waals surface area contributed by atoms with E-state index in [1.807, 2.05) is 6.20 Å². The molecule has 1 aromatic carbocycles. The summed E-state index contributed by atoms with van der Waals surface area (Å²) in [5, 5.41) is 17.1. The largest absolute Gasteiger partial charge is 0.478 e. The molecule has 2 aromatic heterocycles. The molecule has 0 saturated heterocycles. The molecule has 1 atom stereocenters. The highest BCUT2D eigenvalue weighted by atomic mass is 16.4. The number of imidazole rings is 1. The number of hydrogen-bond donors (Lipinski definition) is 2. The molecule has 0 aliphatic heterocycles. The van der Waals surface area contributed by atoms with E-state index in [0.29, 0.717) is 12.2 Å². The van der Waals surface area contributed by atoms with Gasteiger partial charge in [0.1, 0.15) is 5.82 Å². The van der Waals surface area contributed by atoms with Crippen molar-refractivity contribution >= 4 is 22.8 Å². The lowest BCUT2D eigenvalue weighted by Crippen LogP contribution is -2.20. The van der Waals surface area contributed by atoms with Crippen molar-refractivity contribution in [3.63, 3.8) is 0 Å². The monoisotopic (exact) mass is 395 g/mol. The minimum absolute atomic E-state index is 0.558. The molecule has 1 aliphatic rings. The van der Waals surface area contributed by atoms with E-state index in [9.17, 15) is 9.59 Å². The second-order valence-electron chi connectivity index (χ2n) is 7.25. The van der Waals surface area contributed by atoms with Crippen molar-refractivity contribution in [1.29, 1.82) is 0 Å². The molecule has 1 unspecified atom stereocenters. The van der Waals surface area contributed by atoms with Crippen LogP contribution in [0.1, 0.15) is 23.5 Å². The first-order valence-corrected chi connectivity index (χ1v) is 9.53. The fourth-order valence-electron chi connectivity index (χ4n) is 3.98. The highest BCUT2D eigenvalue weighted by Crippen LogP contribution is 2.34. The Kier molecular flexibility index (Phi) is 6.16. The van der Waals surface area contributed by atoms with Gasteiger partial charge >= 0.3 is 11.9 Å². The Bertz CT molecular complexity index is 1050. The Labute approximate surface area is 168 Å². The number of fused-ring (bicyclic) bond motifs is 3. The Hall–Kier alpha value is -3.35. The third-order valence-electron chi connectivity index (χ3n) is 5.37. The molecule has 152 valence electrons. The number of benzene rings is 1. The van der Waals surface area contributed by atoms with Gasteiger partial charge in [-0.25, -0.2) is 14.6 Å². The van der Waals surface area contributed by atoms with Crippen LogP contribution in [0, 0.1) is 12.8 Å². The Morgan fingerprint density at radius 3 is 2.52 bits per heavy atom. The van der Waals surface area contributed by atoms with Gasteiger partial charge in [0.05, 0.1) is 0 Å². The SMILES string of the molecule is Cc1nccn1CC1CCc2c(c3ccccc3n2C)C1.O=C(O)/C=C\C(=O)O. The summed E-state index contributed by atoms with van der Waals surface area (Å²) in [6.07, 6.45) is 8.78. The summed E-state index contributed by atoms with van der Waals surface area (Å²) < 4.78 is 4.68. The number of aromatic nitrogens is 3. The van der Waals surface area contributed by atoms with Gasteiger partial charge in [0, 0.05) is 54.7 Å². The van der Waals surface area contributed by atoms with Crippen LogP contribution in [0.15, 0.2) is 48.8 Å². The molecule has 0 saturated carbocycles. The van der Waals surface area contributed by atoms with Crippen LogP contribution in [0.25, 0.3) is 10.9 Å². The predicted molar refractivity (Wildman–Crippen MR) is 110 cm³/mol. The van der Waals surface area contributed by atoms with E-state index >= 15 is 0 Å². The molecule has 2 heterocycles. The lowest BCUT2D eigenvalue weighted by molar-refractivity contribution is -0.134. The van der Waals surface area contributed by atoms with Crippen LogP contribution in [0.3, 0.4) is 0 Å². The van der Waals surface area contributed by atoms with Gasteiger partial charge in [-0.3, -0.25) is 0 Å². The first-order chi connectivity index (χ1) is 13.9. The summed E-state index contributed by atoms with van der Waals surface area (Å²) in [5.74, 6) is -0.672. The molecule has 29 heavy (non-hydrogen) atoms. The Morgan fingerprint density at radius 1 is 1.21 bits per heavy atom. The lowest BCUT2D eigenvalue weighted by Gasteiger charge is -2.24. The minimum atomic E-state index is -1.26. The molecular formula is C22H25N3O4. The highest BCUT2D eigenvalue weighted by molar-refractivity contribution is 5.89. The molecule has 7 nitrogen and oxygen atoms in total. The van der Waals surface area contributed by atoms with Gasteiger partial charge in [0.15, 0.2) is 0 Å². The highest BCUT2D eigenvalue weighted by Gasteiger charge is 2.24. The first-order valence-electron chi connectivity index (χ1n) is 9.53. The van der Waals surface area contributed by atoms with Gasteiger partial charge in [-0.2, -0.15) is 0 Å². The second-order valence-corrected chi connectivity index (χ2v) is 7.25. The molecule has 7 heteroatoms. The lowest BCUT2D eigenvalue weighted by atomic mass is 9.86. The third kappa shape index (κ3) is 4.74. The molecule has 0 amide bonds. The number of para-hydroxylation sites is 1. The van der Waals surface area contributed by atoms with Gasteiger partial charge in [0.2, 0.25) is 0 Å². The number of rotatable bonds is 4. The quantitative estimate of drug-likeness (QED) is 0.661. The normalized spacial score (nSPS) is 15.7. The number of nitrogens with zero attached hydrogens (tertiary/aromatic N) is 3. The van der Waals surface area contributed by atoms with Crippen LogP contribution in [0.4, 0.5) is 0 Å². The van der Waals surface area contributed by atoms with Crippen LogP contribution in [-0.4, -0.2) is 36.3 Å². The number of hydrogen-bond acceptors (Lipinski definition) is 3. The zero-order valence-corrected chi connectivity index (χ0v) is 16.6. The molecule has 0 bridgehead atoms. The molecule has 2 N–H and O–H groups in total. The van der Waals surface area contributed by atoms with Crippen molar-refractivity contribution in [2.24, 2.45) is 13.0 Å². The maximum absolute atomic E-state index is 9.55. The van der Waals surface area contributed by atoms with Crippen LogP contribution in [-0.2, 0) is 36.0 Å². The van der Waals surface area contributed by atoms with Crippen LogP contribution < -0.4 is 0 Å². The van der Waals surface area contributed by atoms with Crippen molar-refractivity contribution in [2.75, 3.05) is 0 Å². The van der Waals surface area contributed by atoms with E-state index in [2.05, 4.69) is 58.6 Å². The average molecular weight is 395 g/mol. The van der Waals surface area contributed by atoms with Gasteiger partial charge in [-0.15, -0.1) is 0 Å². The van der Waals surface area contributed by atoms with Crippen molar-refractivity contribution < 1.29 is 19.8 Å². The van der Waals surface area contributed by atoms with Crippen molar-refractivity contribution in [3.8, 4) is 0 Å². The smallest absolute Gasteiger partial charge is 0.328 e. The molecule has 0 radical (unpaired) electrons. The number of aliphatic carboxylic acids is 2. The predicted octanol–water partition coefficient (Wildman–Crippen LogP) is 3.20. The van der Waals surface area contributed by atoms with Crippen LogP contribution >= 0.6 is 0 Å². The zero-order chi connectivity index (χ0) is 21.0. The summed E-state index contributed by atoms with van der Waals surface area (Å²) >= 11 is 0. The first kappa shape index (κ1) is 20.4. The second kappa shape index (κ2) is 8.77. The van der Waals surface area contributed by atoms with Crippen molar-refractivity contribution in [2.45, 2.75) is 32.7 Å². The summed E-state index contributed by atoms with van der Waals surface area (Å²) in [5.41, 5.74) is 4.49. The average Bonchev–Trinajstić information content (AvgIpc) is 3.22.